The van der Waals surface area contributed by atoms with Gasteiger partial charge in [-0.3, -0.25) is 4.68 Å². The molecule has 3 aromatic rings. The molecule has 0 aliphatic carbocycles. The Labute approximate surface area is 135 Å². The summed E-state index contributed by atoms with van der Waals surface area (Å²) in [5.74, 6) is -0.459. The summed E-state index contributed by atoms with van der Waals surface area (Å²) >= 11 is 0. The number of benzene rings is 2. The van der Waals surface area contributed by atoms with Crippen LogP contribution in [-0.4, -0.2) is 22.9 Å². The van der Waals surface area contributed by atoms with Crippen molar-refractivity contribution in [3.05, 3.63) is 65.4 Å². The normalized spacial score (nSPS) is 11.7. The highest BCUT2D eigenvalue weighted by molar-refractivity contribution is 5.94. The summed E-state index contributed by atoms with van der Waals surface area (Å²) in [5.41, 5.74) is 1.08. The molecule has 0 fully saturated rings. The van der Waals surface area contributed by atoms with Gasteiger partial charge in [-0.05, 0) is 29.8 Å². The van der Waals surface area contributed by atoms with Gasteiger partial charge in [0.1, 0.15) is 0 Å². The predicted octanol–water partition coefficient (Wildman–Crippen LogP) is 3.89. The van der Waals surface area contributed by atoms with Crippen molar-refractivity contribution >= 4 is 16.9 Å². The molecule has 24 heavy (non-hydrogen) atoms. The Bertz CT molecular complexity index is 883. The summed E-state index contributed by atoms with van der Waals surface area (Å²) in [6.45, 7) is 0.298. The fourth-order valence-electron chi connectivity index (χ4n) is 2.41. The second kappa shape index (κ2) is 5.99. The van der Waals surface area contributed by atoms with E-state index in [9.17, 15) is 18.0 Å². The number of ether oxygens (including phenoxy) is 1. The number of halogens is 3. The van der Waals surface area contributed by atoms with E-state index in [1.807, 2.05) is 0 Å². The van der Waals surface area contributed by atoms with E-state index >= 15 is 0 Å². The molecule has 0 unspecified atom stereocenters. The third kappa shape index (κ3) is 3.10. The molecular weight excluding hydrogens is 321 g/mol. The molecule has 0 N–H and O–H groups in total. The number of carbonyl (C=O) groups is 1. The van der Waals surface area contributed by atoms with E-state index in [1.54, 1.807) is 29.1 Å². The zero-order valence-corrected chi connectivity index (χ0v) is 12.7. The van der Waals surface area contributed by atoms with Gasteiger partial charge in [-0.2, -0.15) is 18.3 Å². The highest BCUT2D eigenvalue weighted by atomic mass is 19.4. The summed E-state index contributed by atoms with van der Waals surface area (Å²) < 4.78 is 44.1. The third-order valence-electron chi connectivity index (χ3n) is 3.68. The van der Waals surface area contributed by atoms with Crippen LogP contribution in [0.4, 0.5) is 13.2 Å². The maximum absolute atomic E-state index is 12.6. The third-order valence-corrected chi connectivity index (χ3v) is 3.68. The molecule has 4 nitrogen and oxygen atoms in total. The number of aromatic nitrogens is 2. The zero-order valence-electron chi connectivity index (χ0n) is 12.7. The van der Waals surface area contributed by atoms with Gasteiger partial charge in [0, 0.05) is 5.39 Å². The molecular formula is C17H13F3N2O2. The number of rotatable bonds is 3. The van der Waals surface area contributed by atoms with Crippen LogP contribution in [0.3, 0.4) is 0 Å². The standard InChI is InChI=1S/C17H13F3N2O2/c1-24-16(23)12-4-5-13-9-21-22(15(13)8-12)10-11-2-6-14(7-3-11)17(18,19)20/h2-9H,10H2,1H3. The molecule has 0 aliphatic heterocycles. The quantitative estimate of drug-likeness (QED) is 0.683. The van der Waals surface area contributed by atoms with E-state index in [-0.39, 0.29) is 0 Å². The van der Waals surface area contributed by atoms with Crippen molar-refractivity contribution < 1.29 is 22.7 Å². The van der Waals surface area contributed by atoms with Crippen LogP contribution in [0.2, 0.25) is 0 Å². The fraction of sp³-hybridized carbons (Fsp3) is 0.176. The van der Waals surface area contributed by atoms with Crippen LogP contribution in [0, 0.1) is 0 Å². The SMILES string of the molecule is COC(=O)c1ccc2cnn(Cc3ccc(C(F)(F)F)cc3)c2c1. The number of hydrogen-bond donors (Lipinski definition) is 0. The highest BCUT2D eigenvalue weighted by Crippen LogP contribution is 2.29. The number of carbonyl (C=O) groups excluding carboxylic acids is 1. The van der Waals surface area contributed by atoms with Crippen LogP contribution in [0.1, 0.15) is 21.5 Å². The van der Waals surface area contributed by atoms with Gasteiger partial charge in [0.2, 0.25) is 0 Å². The van der Waals surface area contributed by atoms with E-state index in [0.29, 0.717) is 23.2 Å². The monoisotopic (exact) mass is 334 g/mol. The summed E-state index contributed by atoms with van der Waals surface area (Å²) in [6.07, 6.45) is -2.72. The molecule has 2 aromatic carbocycles. The van der Waals surface area contributed by atoms with Crippen LogP contribution in [0.15, 0.2) is 48.7 Å². The lowest BCUT2D eigenvalue weighted by Crippen LogP contribution is -2.06. The van der Waals surface area contributed by atoms with E-state index in [4.69, 9.17) is 0 Å². The lowest BCUT2D eigenvalue weighted by Gasteiger charge is -2.08. The summed E-state index contributed by atoms with van der Waals surface area (Å²) in [7, 11) is 1.30. The largest absolute Gasteiger partial charge is 0.465 e. The molecule has 0 saturated heterocycles. The van der Waals surface area contributed by atoms with Crippen molar-refractivity contribution in [2.45, 2.75) is 12.7 Å². The Morgan fingerprint density at radius 3 is 2.50 bits per heavy atom. The number of hydrogen-bond acceptors (Lipinski definition) is 3. The molecule has 0 radical (unpaired) electrons. The first kappa shape index (κ1) is 16.0. The van der Waals surface area contributed by atoms with Crippen LogP contribution in [0.25, 0.3) is 10.9 Å². The second-order valence-corrected chi connectivity index (χ2v) is 5.26. The summed E-state index contributed by atoms with van der Waals surface area (Å²) in [5, 5.41) is 5.06. The lowest BCUT2D eigenvalue weighted by atomic mass is 10.1. The van der Waals surface area contributed by atoms with Crippen molar-refractivity contribution in [2.24, 2.45) is 0 Å². The maximum atomic E-state index is 12.6. The molecule has 0 aliphatic rings. The van der Waals surface area contributed by atoms with Gasteiger partial charge in [0.05, 0.1) is 36.5 Å². The Hall–Kier alpha value is -2.83. The van der Waals surface area contributed by atoms with Gasteiger partial charge >= 0.3 is 12.1 Å². The number of alkyl halides is 3. The Morgan fingerprint density at radius 2 is 1.88 bits per heavy atom. The first-order valence-electron chi connectivity index (χ1n) is 7.08. The smallest absolute Gasteiger partial charge is 0.416 e. The molecule has 0 atom stereocenters. The minimum Gasteiger partial charge on any atom is -0.465 e. The Kier molecular flexibility index (Phi) is 4.01. The van der Waals surface area contributed by atoms with Crippen LogP contribution >= 0.6 is 0 Å². The van der Waals surface area contributed by atoms with Crippen LogP contribution in [-0.2, 0) is 17.5 Å². The van der Waals surface area contributed by atoms with Gasteiger partial charge in [-0.15, -0.1) is 0 Å². The maximum Gasteiger partial charge on any atom is 0.416 e. The van der Waals surface area contributed by atoms with Crippen molar-refractivity contribution in [2.75, 3.05) is 7.11 Å². The fourth-order valence-corrected chi connectivity index (χ4v) is 2.41. The minimum atomic E-state index is -4.35. The first-order chi connectivity index (χ1) is 11.4. The van der Waals surface area contributed by atoms with Crippen molar-refractivity contribution in [3.63, 3.8) is 0 Å². The van der Waals surface area contributed by atoms with E-state index in [2.05, 4.69) is 9.84 Å². The highest BCUT2D eigenvalue weighted by Gasteiger charge is 2.29. The predicted molar refractivity (Wildman–Crippen MR) is 81.6 cm³/mol. The van der Waals surface area contributed by atoms with E-state index in [1.165, 1.54) is 19.2 Å². The van der Waals surface area contributed by atoms with Gasteiger partial charge in [0.25, 0.3) is 0 Å². The molecule has 7 heteroatoms. The summed E-state index contributed by atoms with van der Waals surface area (Å²) in [6, 6.07) is 9.96. The van der Waals surface area contributed by atoms with Crippen LogP contribution < -0.4 is 0 Å². The second-order valence-electron chi connectivity index (χ2n) is 5.26. The van der Waals surface area contributed by atoms with E-state index < -0.39 is 17.7 Å². The Morgan fingerprint density at radius 1 is 1.17 bits per heavy atom. The zero-order chi connectivity index (χ0) is 17.3. The van der Waals surface area contributed by atoms with Crippen LogP contribution in [0.5, 0.6) is 0 Å². The molecule has 1 heterocycles. The van der Waals surface area contributed by atoms with Gasteiger partial charge in [-0.25, -0.2) is 4.79 Å². The average Bonchev–Trinajstić information content (AvgIpc) is 2.96. The lowest BCUT2D eigenvalue weighted by molar-refractivity contribution is -0.137. The van der Waals surface area contributed by atoms with Gasteiger partial charge < -0.3 is 4.74 Å². The van der Waals surface area contributed by atoms with Crippen molar-refractivity contribution in [1.82, 2.24) is 9.78 Å². The molecule has 0 amide bonds. The van der Waals surface area contributed by atoms with Crippen molar-refractivity contribution in [3.8, 4) is 0 Å². The molecule has 0 bridgehead atoms. The average molecular weight is 334 g/mol. The first-order valence-corrected chi connectivity index (χ1v) is 7.08. The van der Waals surface area contributed by atoms with E-state index in [0.717, 1.165) is 17.5 Å². The van der Waals surface area contributed by atoms with Gasteiger partial charge in [-0.1, -0.05) is 18.2 Å². The Balaban J connectivity index is 1.91. The topological polar surface area (TPSA) is 44.1 Å². The van der Waals surface area contributed by atoms with Crippen molar-refractivity contribution in [1.29, 1.82) is 0 Å². The number of nitrogens with zero attached hydrogens (tertiary/aromatic N) is 2. The number of methoxy groups -OCH3 is 1. The number of esters is 1. The number of fused-ring (bicyclic) bond motifs is 1. The summed E-state index contributed by atoms with van der Waals surface area (Å²) in [4.78, 5) is 11.6. The molecule has 0 spiro atoms. The minimum absolute atomic E-state index is 0.298. The molecule has 0 saturated carbocycles. The van der Waals surface area contributed by atoms with Gasteiger partial charge in [0.15, 0.2) is 0 Å². The molecule has 124 valence electrons. The molecule has 1 aromatic heterocycles. The molecule has 3 rings (SSSR count).